The van der Waals surface area contributed by atoms with Crippen LogP contribution in [0, 0.1) is 17.6 Å². The van der Waals surface area contributed by atoms with E-state index in [2.05, 4.69) is 5.32 Å². The first-order chi connectivity index (χ1) is 9.15. The fourth-order valence-electron chi connectivity index (χ4n) is 2.52. The zero-order valence-electron chi connectivity index (χ0n) is 11.5. The minimum Gasteiger partial charge on any atom is -0.377 e. The summed E-state index contributed by atoms with van der Waals surface area (Å²) < 4.78 is 32.7. The van der Waals surface area contributed by atoms with Gasteiger partial charge in [-0.05, 0) is 62.9 Å². The van der Waals surface area contributed by atoms with Gasteiger partial charge in [-0.1, -0.05) is 0 Å². The maximum atomic E-state index is 13.7. The zero-order chi connectivity index (χ0) is 13.8. The molecule has 1 saturated carbocycles. The summed E-state index contributed by atoms with van der Waals surface area (Å²) in [7, 11) is 1.84. The molecule has 0 amide bonds. The minimum absolute atomic E-state index is 0.0174. The highest BCUT2D eigenvalue weighted by molar-refractivity contribution is 5.20. The van der Waals surface area contributed by atoms with E-state index in [9.17, 15) is 8.78 Å². The predicted molar refractivity (Wildman–Crippen MR) is 71.0 cm³/mol. The first-order valence-corrected chi connectivity index (χ1v) is 6.88. The standard InChI is InChI=1S/C15H21F2NO/c1-3-19-15(10-4-5-10)14(18-2)9-11-8-12(16)6-7-13(11)17/h6-8,10,14-15,18H,3-5,9H2,1-2H3. The number of ether oxygens (including phenoxy) is 1. The highest BCUT2D eigenvalue weighted by Crippen LogP contribution is 2.36. The van der Waals surface area contributed by atoms with E-state index in [4.69, 9.17) is 4.74 Å². The third kappa shape index (κ3) is 3.74. The number of hydrogen-bond donors (Lipinski definition) is 1. The van der Waals surface area contributed by atoms with Gasteiger partial charge in [0.05, 0.1) is 6.10 Å². The summed E-state index contributed by atoms with van der Waals surface area (Å²) in [5, 5.41) is 3.19. The van der Waals surface area contributed by atoms with Crippen LogP contribution in [0.3, 0.4) is 0 Å². The van der Waals surface area contributed by atoms with Gasteiger partial charge in [0.2, 0.25) is 0 Å². The topological polar surface area (TPSA) is 21.3 Å². The van der Waals surface area contributed by atoms with Crippen molar-refractivity contribution in [2.24, 2.45) is 5.92 Å². The van der Waals surface area contributed by atoms with Gasteiger partial charge in [0.25, 0.3) is 0 Å². The third-order valence-electron chi connectivity index (χ3n) is 3.66. The maximum Gasteiger partial charge on any atom is 0.126 e. The van der Waals surface area contributed by atoms with E-state index >= 15 is 0 Å². The molecule has 1 aromatic carbocycles. The van der Waals surface area contributed by atoms with Crippen molar-refractivity contribution < 1.29 is 13.5 Å². The van der Waals surface area contributed by atoms with E-state index in [0.717, 1.165) is 18.9 Å². The molecule has 0 spiro atoms. The molecule has 1 fully saturated rings. The lowest BCUT2D eigenvalue weighted by molar-refractivity contribution is 0.0209. The molecule has 0 aliphatic heterocycles. The van der Waals surface area contributed by atoms with Crippen molar-refractivity contribution in [3.63, 3.8) is 0 Å². The molecule has 19 heavy (non-hydrogen) atoms. The molecule has 1 aliphatic rings. The first kappa shape index (κ1) is 14.4. The number of hydrogen-bond acceptors (Lipinski definition) is 2. The molecule has 0 bridgehead atoms. The SMILES string of the molecule is CCOC(C1CC1)C(Cc1cc(F)ccc1F)NC. The number of rotatable bonds is 7. The van der Waals surface area contributed by atoms with Crippen LogP contribution >= 0.6 is 0 Å². The third-order valence-corrected chi connectivity index (χ3v) is 3.66. The van der Waals surface area contributed by atoms with Gasteiger partial charge < -0.3 is 10.1 Å². The Morgan fingerprint density at radius 3 is 2.68 bits per heavy atom. The quantitative estimate of drug-likeness (QED) is 0.822. The van der Waals surface area contributed by atoms with Crippen LogP contribution in [-0.4, -0.2) is 25.8 Å². The zero-order valence-corrected chi connectivity index (χ0v) is 11.5. The van der Waals surface area contributed by atoms with Crippen LogP contribution in [0.5, 0.6) is 0 Å². The van der Waals surface area contributed by atoms with Crippen molar-refractivity contribution >= 4 is 0 Å². The second-order valence-corrected chi connectivity index (χ2v) is 5.09. The highest BCUT2D eigenvalue weighted by atomic mass is 19.1. The molecule has 0 aromatic heterocycles. The van der Waals surface area contributed by atoms with Gasteiger partial charge >= 0.3 is 0 Å². The summed E-state index contributed by atoms with van der Waals surface area (Å²) in [6, 6.07) is 3.62. The lowest BCUT2D eigenvalue weighted by Crippen LogP contribution is -2.42. The number of likely N-dealkylation sites (N-methyl/N-ethyl adjacent to an activating group) is 1. The molecular formula is C15H21F2NO. The summed E-state index contributed by atoms with van der Waals surface area (Å²) in [5.74, 6) is -0.202. The summed E-state index contributed by atoms with van der Waals surface area (Å²) in [6.07, 6.45) is 2.85. The van der Waals surface area contributed by atoms with E-state index in [-0.39, 0.29) is 18.0 Å². The van der Waals surface area contributed by atoms with Crippen LogP contribution in [-0.2, 0) is 11.2 Å². The average molecular weight is 269 g/mol. The van der Waals surface area contributed by atoms with Crippen molar-refractivity contribution in [3.05, 3.63) is 35.4 Å². The van der Waals surface area contributed by atoms with E-state index in [1.54, 1.807) is 0 Å². The largest absolute Gasteiger partial charge is 0.377 e. The van der Waals surface area contributed by atoms with E-state index in [0.29, 0.717) is 24.5 Å². The molecule has 1 aliphatic carbocycles. The molecule has 0 heterocycles. The second kappa shape index (κ2) is 6.44. The number of nitrogens with one attached hydrogen (secondary N) is 1. The Morgan fingerprint density at radius 2 is 2.11 bits per heavy atom. The van der Waals surface area contributed by atoms with Gasteiger partial charge in [0, 0.05) is 12.6 Å². The van der Waals surface area contributed by atoms with E-state index in [1.165, 1.54) is 12.1 Å². The van der Waals surface area contributed by atoms with E-state index in [1.807, 2.05) is 14.0 Å². The Morgan fingerprint density at radius 1 is 1.37 bits per heavy atom. The van der Waals surface area contributed by atoms with Gasteiger partial charge in [0.15, 0.2) is 0 Å². The molecule has 4 heteroatoms. The fraction of sp³-hybridized carbons (Fsp3) is 0.600. The number of halogens is 2. The summed E-state index contributed by atoms with van der Waals surface area (Å²) >= 11 is 0. The summed E-state index contributed by atoms with van der Waals surface area (Å²) in [6.45, 7) is 2.61. The second-order valence-electron chi connectivity index (χ2n) is 5.09. The normalized spacial score (nSPS) is 18.3. The van der Waals surface area contributed by atoms with Crippen molar-refractivity contribution in [2.75, 3.05) is 13.7 Å². The van der Waals surface area contributed by atoms with Crippen LogP contribution < -0.4 is 5.32 Å². The van der Waals surface area contributed by atoms with Gasteiger partial charge in [-0.2, -0.15) is 0 Å². The van der Waals surface area contributed by atoms with Crippen molar-refractivity contribution in [3.8, 4) is 0 Å². The van der Waals surface area contributed by atoms with Crippen LogP contribution in [0.15, 0.2) is 18.2 Å². The molecule has 1 aromatic rings. The van der Waals surface area contributed by atoms with Crippen molar-refractivity contribution in [2.45, 2.75) is 38.3 Å². The summed E-state index contributed by atoms with van der Waals surface area (Å²) in [4.78, 5) is 0. The molecule has 2 rings (SSSR count). The molecule has 2 nitrogen and oxygen atoms in total. The molecule has 1 N–H and O–H groups in total. The first-order valence-electron chi connectivity index (χ1n) is 6.88. The molecule has 0 saturated heterocycles. The smallest absolute Gasteiger partial charge is 0.126 e. The van der Waals surface area contributed by atoms with Gasteiger partial charge in [-0.25, -0.2) is 8.78 Å². The van der Waals surface area contributed by atoms with Gasteiger partial charge in [0.1, 0.15) is 11.6 Å². The Balaban J connectivity index is 2.10. The molecule has 2 atom stereocenters. The van der Waals surface area contributed by atoms with Gasteiger partial charge in [-0.15, -0.1) is 0 Å². The Kier molecular flexibility index (Phi) is 4.88. The Labute approximate surface area is 113 Å². The summed E-state index contributed by atoms with van der Waals surface area (Å²) in [5.41, 5.74) is 0.407. The van der Waals surface area contributed by atoms with E-state index < -0.39 is 5.82 Å². The lowest BCUT2D eigenvalue weighted by Gasteiger charge is -2.27. The molecule has 2 unspecified atom stereocenters. The number of benzene rings is 1. The van der Waals surface area contributed by atoms with Crippen LogP contribution in [0.1, 0.15) is 25.3 Å². The fourth-order valence-corrected chi connectivity index (χ4v) is 2.52. The van der Waals surface area contributed by atoms with Crippen molar-refractivity contribution in [1.29, 1.82) is 0 Å². The van der Waals surface area contributed by atoms with Crippen LogP contribution in [0.2, 0.25) is 0 Å². The predicted octanol–water partition coefficient (Wildman–Crippen LogP) is 2.91. The van der Waals surface area contributed by atoms with Crippen molar-refractivity contribution in [1.82, 2.24) is 5.32 Å². The Bertz CT molecular complexity index is 421. The lowest BCUT2D eigenvalue weighted by atomic mass is 9.98. The molecular weight excluding hydrogens is 248 g/mol. The van der Waals surface area contributed by atoms with Crippen LogP contribution in [0.25, 0.3) is 0 Å². The molecule has 106 valence electrons. The minimum atomic E-state index is -0.398. The highest BCUT2D eigenvalue weighted by Gasteiger charge is 2.36. The Hall–Kier alpha value is -1.00. The van der Waals surface area contributed by atoms with Crippen LogP contribution in [0.4, 0.5) is 8.78 Å². The van der Waals surface area contributed by atoms with Gasteiger partial charge in [-0.3, -0.25) is 0 Å². The monoisotopic (exact) mass is 269 g/mol. The molecule has 0 radical (unpaired) electrons. The average Bonchev–Trinajstić information content (AvgIpc) is 3.22. The maximum absolute atomic E-state index is 13.7.